The minimum absolute atomic E-state index is 0.0478. The third-order valence-electron chi connectivity index (χ3n) is 5.06. The van der Waals surface area contributed by atoms with Crippen molar-refractivity contribution in [1.29, 1.82) is 0 Å². The van der Waals surface area contributed by atoms with Gasteiger partial charge < -0.3 is 9.64 Å². The van der Waals surface area contributed by atoms with Gasteiger partial charge in [-0.1, -0.05) is 42.9 Å². The highest BCUT2D eigenvalue weighted by atomic mass is 35.5. The van der Waals surface area contributed by atoms with Gasteiger partial charge in [0.05, 0.1) is 10.2 Å². The van der Waals surface area contributed by atoms with Crippen LogP contribution in [0.5, 0.6) is 5.75 Å². The molecule has 0 saturated carbocycles. The summed E-state index contributed by atoms with van der Waals surface area (Å²) >= 11 is 7.48. The van der Waals surface area contributed by atoms with Gasteiger partial charge in [-0.2, -0.15) is 0 Å². The molecule has 0 unspecified atom stereocenters. The number of nitrogens with zero attached hydrogens (tertiary/aromatic N) is 3. The largest absolute Gasteiger partial charge is 0.484 e. The van der Waals surface area contributed by atoms with Gasteiger partial charge in [-0.15, -0.1) is 0 Å². The summed E-state index contributed by atoms with van der Waals surface area (Å²) in [5.41, 5.74) is 3.28. The van der Waals surface area contributed by atoms with E-state index in [4.69, 9.17) is 21.3 Å². The second kappa shape index (κ2) is 10.2. The van der Waals surface area contributed by atoms with Crippen LogP contribution >= 0.6 is 22.9 Å². The van der Waals surface area contributed by atoms with Crippen LogP contribution in [0.2, 0.25) is 5.02 Å². The molecule has 0 spiro atoms. The van der Waals surface area contributed by atoms with Gasteiger partial charge in [0.15, 0.2) is 11.7 Å². The number of amides is 1. The van der Waals surface area contributed by atoms with Crippen LogP contribution in [0.15, 0.2) is 36.4 Å². The number of aryl methyl sites for hydroxylation is 2. The molecular weight excluding hydrogens is 418 g/mol. The molecule has 0 atom stereocenters. The summed E-state index contributed by atoms with van der Waals surface area (Å²) in [6.45, 7) is 11.6. The number of hydrogen-bond donors (Lipinski definition) is 0. The van der Waals surface area contributed by atoms with Crippen molar-refractivity contribution in [1.82, 2.24) is 9.88 Å². The first kappa shape index (κ1) is 22.5. The number of fused-ring (bicyclic) bond motifs is 1. The van der Waals surface area contributed by atoms with Gasteiger partial charge in [-0.05, 0) is 68.4 Å². The molecule has 0 radical (unpaired) electrons. The number of hydrogen-bond acceptors (Lipinski definition) is 5. The molecule has 1 aromatic heterocycles. The first-order chi connectivity index (χ1) is 14.4. The van der Waals surface area contributed by atoms with Gasteiger partial charge in [0, 0.05) is 18.1 Å². The first-order valence-corrected chi connectivity index (χ1v) is 11.4. The summed E-state index contributed by atoms with van der Waals surface area (Å²) in [4.78, 5) is 22.0. The van der Waals surface area contributed by atoms with E-state index in [0.717, 1.165) is 40.5 Å². The second-order valence-electron chi connectivity index (χ2n) is 7.24. The zero-order valence-corrected chi connectivity index (χ0v) is 19.5. The van der Waals surface area contributed by atoms with E-state index in [-0.39, 0.29) is 12.5 Å². The summed E-state index contributed by atoms with van der Waals surface area (Å²) in [7, 11) is 0. The van der Waals surface area contributed by atoms with Crippen molar-refractivity contribution in [2.24, 2.45) is 0 Å². The van der Waals surface area contributed by atoms with E-state index in [1.54, 1.807) is 40.5 Å². The number of anilines is 1. The van der Waals surface area contributed by atoms with Crippen molar-refractivity contribution in [2.75, 3.05) is 37.7 Å². The van der Waals surface area contributed by atoms with E-state index in [1.807, 2.05) is 0 Å². The summed E-state index contributed by atoms with van der Waals surface area (Å²) in [6.07, 6.45) is 0. The molecule has 30 heavy (non-hydrogen) atoms. The lowest BCUT2D eigenvalue weighted by molar-refractivity contribution is -0.120. The normalized spacial score (nSPS) is 11.3. The molecule has 0 N–H and O–H groups in total. The fourth-order valence-electron chi connectivity index (χ4n) is 3.34. The van der Waals surface area contributed by atoms with E-state index >= 15 is 0 Å². The maximum Gasteiger partial charge on any atom is 0.266 e. The van der Waals surface area contributed by atoms with Crippen LogP contribution in [0.1, 0.15) is 25.0 Å². The minimum atomic E-state index is -0.106. The van der Waals surface area contributed by atoms with Crippen LogP contribution < -0.4 is 9.64 Å². The Balaban J connectivity index is 1.82. The molecule has 1 amide bonds. The van der Waals surface area contributed by atoms with Crippen LogP contribution in [0.4, 0.5) is 5.13 Å². The molecule has 160 valence electrons. The van der Waals surface area contributed by atoms with E-state index in [9.17, 15) is 4.79 Å². The lowest BCUT2D eigenvalue weighted by Gasteiger charge is -2.24. The predicted molar refractivity (Wildman–Crippen MR) is 126 cm³/mol. The second-order valence-corrected chi connectivity index (χ2v) is 8.69. The topological polar surface area (TPSA) is 45.7 Å². The Morgan fingerprint density at radius 1 is 1.10 bits per heavy atom. The summed E-state index contributed by atoms with van der Waals surface area (Å²) in [6, 6.07) is 11.3. The predicted octanol–water partition coefficient (Wildman–Crippen LogP) is 5.32. The molecule has 3 rings (SSSR count). The SMILES string of the molecule is CCN(CC)CCN(C(=O)COc1ccc(Cl)cc1)c1nc2c(C)cc(C)cc2s1. The van der Waals surface area contributed by atoms with Crippen molar-refractivity contribution in [3.8, 4) is 5.75 Å². The highest BCUT2D eigenvalue weighted by Crippen LogP contribution is 2.32. The lowest BCUT2D eigenvalue weighted by atomic mass is 10.1. The summed E-state index contributed by atoms with van der Waals surface area (Å²) < 4.78 is 6.81. The van der Waals surface area contributed by atoms with Gasteiger partial charge in [0.1, 0.15) is 5.75 Å². The fraction of sp³-hybridized carbons (Fsp3) is 0.391. The smallest absolute Gasteiger partial charge is 0.266 e. The molecule has 0 bridgehead atoms. The minimum Gasteiger partial charge on any atom is -0.484 e. The first-order valence-electron chi connectivity index (χ1n) is 10.2. The number of aromatic nitrogens is 1. The van der Waals surface area contributed by atoms with E-state index in [0.29, 0.717) is 17.3 Å². The quantitative estimate of drug-likeness (QED) is 0.447. The van der Waals surface area contributed by atoms with Gasteiger partial charge in [-0.25, -0.2) is 4.98 Å². The Hall–Kier alpha value is -2.15. The van der Waals surface area contributed by atoms with Gasteiger partial charge in [-0.3, -0.25) is 9.69 Å². The molecule has 0 aliphatic carbocycles. The van der Waals surface area contributed by atoms with Crippen molar-refractivity contribution >= 4 is 44.2 Å². The number of likely N-dealkylation sites (N-methyl/N-ethyl adjacent to an activating group) is 1. The molecule has 7 heteroatoms. The summed E-state index contributed by atoms with van der Waals surface area (Å²) in [5, 5.41) is 1.35. The van der Waals surface area contributed by atoms with E-state index in [2.05, 4.69) is 44.7 Å². The number of halogens is 1. The van der Waals surface area contributed by atoms with Crippen LogP contribution in [0.3, 0.4) is 0 Å². The average molecular weight is 446 g/mol. The maximum atomic E-state index is 13.1. The zero-order valence-electron chi connectivity index (χ0n) is 17.9. The number of rotatable bonds is 9. The monoisotopic (exact) mass is 445 g/mol. The third-order valence-corrected chi connectivity index (χ3v) is 6.34. The van der Waals surface area contributed by atoms with Gasteiger partial charge >= 0.3 is 0 Å². The fourth-order valence-corrected chi connectivity index (χ4v) is 4.65. The molecule has 0 saturated heterocycles. The maximum absolute atomic E-state index is 13.1. The third kappa shape index (κ3) is 5.50. The Morgan fingerprint density at radius 3 is 2.47 bits per heavy atom. The van der Waals surface area contributed by atoms with E-state index in [1.165, 1.54) is 5.56 Å². The standard InChI is InChI=1S/C23H28ClN3O2S/c1-5-26(6-2)11-12-27(21(28)15-29-19-9-7-18(24)8-10-19)23-25-22-17(4)13-16(3)14-20(22)30-23/h7-10,13-14H,5-6,11-12,15H2,1-4H3. The van der Waals surface area contributed by atoms with Crippen molar-refractivity contribution < 1.29 is 9.53 Å². The van der Waals surface area contributed by atoms with Crippen LogP contribution in [-0.2, 0) is 4.79 Å². The van der Waals surface area contributed by atoms with Crippen LogP contribution in [-0.4, -0.2) is 48.6 Å². The molecule has 1 heterocycles. The number of carbonyl (C=O) groups is 1. The zero-order chi connectivity index (χ0) is 21.7. The molecule has 0 aliphatic rings. The summed E-state index contributed by atoms with van der Waals surface area (Å²) in [5.74, 6) is 0.512. The number of benzene rings is 2. The van der Waals surface area contributed by atoms with Crippen molar-refractivity contribution in [3.63, 3.8) is 0 Å². The number of thiazole rings is 1. The highest BCUT2D eigenvalue weighted by Gasteiger charge is 2.21. The van der Waals surface area contributed by atoms with Crippen LogP contribution in [0, 0.1) is 13.8 Å². The van der Waals surface area contributed by atoms with Crippen molar-refractivity contribution in [3.05, 3.63) is 52.5 Å². The Kier molecular flexibility index (Phi) is 7.69. The average Bonchev–Trinajstić information content (AvgIpc) is 3.14. The Labute approximate surface area is 187 Å². The molecular formula is C23H28ClN3O2S. The molecule has 3 aromatic rings. The van der Waals surface area contributed by atoms with Gasteiger partial charge in [0.25, 0.3) is 5.91 Å². The number of ether oxygens (including phenoxy) is 1. The molecule has 0 fully saturated rings. The highest BCUT2D eigenvalue weighted by molar-refractivity contribution is 7.22. The lowest BCUT2D eigenvalue weighted by Crippen LogP contribution is -2.41. The number of carbonyl (C=O) groups excluding carboxylic acids is 1. The van der Waals surface area contributed by atoms with Crippen LogP contribution in [0.25, 0.3) is 10.2 Å². The van der Waals surface area contributed by atoms with Crippen molar-refractivity contribution in [2.45, 2.75) is 27.7 Å². The molecule has 2 aromatic carbocycles. The molecule has 5 nitrogen and oxygen atoms in total. The van der Waals surface area contributed by atoms with Gasteiger partial charge in [0.2, 0.25) is 0 Å². The Morgan fingerprint density at radius 2 is 1.80 bits per heavy atom. The van der Waals surface area contributed by atoms with E-state index < -0.39 is 0 Å². The molecule has 0 aliphatic heterocycles. The Bertz CT molecular complexity index is 1000.